The fraction of sp³-hybridized carbons (Fsp3) is 0.182. The molecule has 1 aromatic carbocycles. The van der Waals surface area contributed by atoms with Crippen LogP contribution in [-0.4, -0.2) is 7.11 Å². The molecule has 0 bridgehead atoms. The summed E-state index contributed by atoms with van der Waals surface area (Å²) in [4.78, 5) is 0. The Bertz CT molecular complexity index is 474. The highest BCUT2D eigenvalue weighted by atomic mass is 16.5. The van der Waals surface area contributed by atoms with Crippen LogP contribution < -0.4 is 4.74 Å². The van der Waals surface area contributed by atoms with Gasteiger partial charge in [-0.05, 0) is 17.7 Å². The van der Waals surface area contributed by atoms with Crippen molar-refractivity contribution >= 4 is 0 Å². The van der Waals surface area contributed by atoms with Gasteiger partial charge in [0.05, 0.1) is 24.8 Å². The lowest BCUT2D eigenvalue weighted by molar-refractivity contribution is 0.413. The third-order valence-corrected chi connectivity index (χ3v) is 1.94. The highest BCUT2D eigenvalue weighted by Gasteiger charge is 2.11. The van der Waals surface area contributed by atoms with Crippen LogP contribution in [0, 0.1) is 34.0 Å². The van der Waals surface area contributed by atoms with Gasteiger partial charge in [-0.1, -0.05) is 6.07 Å². The molecule has 0 aromatic heterocycles. The average Bonchev–Trinajstić information content (AvgIpc) is 2.30. The van der Waals surface area contributed by atoms with E-state index in [0.29, 0.717) is 16.9 Å². The summed E-state index contributed by atoms with van der Waals surface area (Å²) in [5.74, 6) is -0.404. The molecule has 0 saturated heterocycles. The Morgan fingerprint density at radius 3 is 2.33 bits per heavy atom. The predicted octanol–water partition coefficient (Wildman–Crippen LogP) is 1.70. The van der Waals surface area contributed by atoms with Crippen molar-refractivity contribution in [3.8, 4) is 24.0 Å². The van der Waals surface area contributed by atoms with Crippen molar-refractivity contribution in [2.45, 2.75) is 5.92 Å². The monoisotopic (exact) mass is 197 g/mol. The molecule has 0 N–H and O–H groups in total. The Kier molecular flexibility index (Phi) is 3.28. The van der Waals surface area contributed by atoms with Gasteiger partial charge in [-0.25, -0.2) is 0 Å². The van der Waals surface area contributed by atoms with Crippen molar-refractivity contribution in [2.24, 2.45) is 0 Å². The van der Waals surface area contributed by atoms with Gasteiger partial charge in [0.1, 0.15) is 11.8 Å². The van der Waals surface area contributed by atoms with E-state index >= 15 is 0 Å². The summed E-state index contributed by atoms with van der Waals surface area (Å²) in [6.45, 7) is 0. The van der Waals surface area contributed by atoms with Crippen LogP contribution in [-0.2, 0) is 0 Å². The van der Waals surface area contributed by atoms with Crippen molar-refractivity contribution in [3.05, 3.63) is 29.3 Å². The molecule has 0 aliphatic rings. The molecule has 0 atom stereocenters. The zero-order valence-corrected chi connectivity index (χ0v) is 8.06. The second-order valence-corrected chi connectivity index (χ2v) is 2.76. The molecule has 1 rings (SSSR count). The van der Waals surface area contributed by atoms with E-state index in [-0.39, 0.29) is 0 Å². The zero-order chi connectivity index (χ0) is 11.3. The standard InChI is InChI=1S/C11H7N3O/c1-15-11-3-2-8(4-9(11)5-12)10(6-13)7-14/h2-4,10H,1H3. The number of methoxy groups -OCH3 is 1. The molecule has 0 aliphatic heterocycles. The second-order valence-electron chi connectivity index (χ2n) is 2.76. The minimum Gasteiger partial charge on any atom is -0.495 e. The molecule has 72 valence electrons. The molecule has 0 fully saturated rings. The molecule has 0 spiro atoms. The third-order valence-electron chi connectivity index (χ3n) is 1.94. The Morgan fingerprint density at radius 1 is 1.20 bits per heavy atom. The largest absolute Gasteiger partial charge is 0.495 e. The van der Waals surface area contributed by atoms with Gasteiger partial charge in [0, 0.05) is 0 Å². The highest BCUT2D eigenvalue weighted by molar-refractivity contribution is 5.48. The van der Waals surface area contributed by atoms with Crippen molar-refractivity contribution in [1.82, 2.24) is 0 Å². The first kappa shape index (κ1) is 10.6. The van der Waals surface area contributed by atoms with Crippen LogP contribution in [0.5, 0.6) is 5.75 Å². The fourth-order valence-corrected chi connectivity index (χ4v) is 1.17. The van der Waals surface area contributed by atoms with Crippen molar-refractivity contribution in [1.29, 1.82) is 15.8 Å². The van der Waals surface area contributed by atoms with Crippen LogP contribution in [0.25, 0.3) is 0 Å². The number of nitrogens with zero attached hydrogens (tertiary/aromatic N) is 3. The van der Waals surface area contributed by atoms with Gasteiger partial charge in [0.25, 0.3) is 0 Å². The lowest BCUT2D eigenvalue weighted by atomic mass is 10.00. The van der Waals surface area contributed by atoms with E-state index < -0.39 is 5.92 Å². The maximum absolute atomic E-state index is 8.81. The van der Waals surface area contributed by atoms with Crippen LogP contribution in [0.15, 0.2) is 18.2 Å². The summed E-state index contributed by atoms with van der Waals surface area (Å²) in [7, 11) is 1.46. The molecule has 4 nitrogen and oxygen atoms in total. The first-order valence-electron chi connectivity index (χ1n) is 4.14. The van der Waals surface area contributed by atoms with Crippen molar-refractivity contribution in [2.75, 3.05) is 7.11 Å². The van der Waals surface area contributed by atoms with Gasteiger partial charge >= 0.3 is 0 Å². The number of hydrogen-bond donors (Lipinski definition) is 0. The van der Waals surface area contributed by atoms with Crippen molar-refractivity contribution in [3.63, 3.8) is 0 Å². The molecule has 0 saturated carbocycles. The minimum absolute atomic E-state index is 0.325. The maximum Gasteiger partial charge on any atom is 0.158 e. The van der Waals surface area contributed by atoms with E-state index in [9.17, 15) is 0 Å². The SMILES string of the molecule is COc1ccc(C(C#N)C#N)cc1C#N. The summed E-state index contributed by atoms with van der Waals surface area (Å²) in [6, 6.07) is 10.3. The summed E-state index contributed by atoms with van der Waals surface area (Å²) in [5, 5.41) is 26.2. The summed E-state index contributed by atoms with van der Waals surface area (Å²) >= 11 is 0. The van der Waals surface area contributed by atoms with Gasteiger partial charge in [-0.3, -0.25) is 0 Å². The molecule has 0 radical (unpaired) electrons. The van der Waals surface area contributed by atoms with Gasteiger partial charge in [0.15, 0.2) is 5.92 Å². The maximum atomic E-state index is 8.81. The summed E-state index contributed by atoms with van der Waals surface area (Å²) in [6.07, 6.45) is 0. The molecule has 0 heterocycles. The number of hydrogen-bond acceptors (Lipinski definition) is 4. The minimum atomic E-state index is -0.844. The molecular weight excluding hydrogens is 190 g/mol. The van der Waals surface area contributed by atoms with Crippen LogP contribution in [0.2, 0.25) is 0 Å². The zero-order valence-electron chi connectivity index (χ0n) is 8.06. The Labute approximate surface area is 87.5 Å². The summed E-state index contributed by atoms with van der Waals surface area (Å²) < 4.78 is 4.95. The normalized spacial score (nSPS) is 8.73. The van der Waals surface area contributed by atoms with Crippen LogP contribution >= 0.6 is 0 Å². The molecule has 0 aliphatic carbocycles. The predicted molar refractivity (Wildman–Crippen MR) is 51.7 cm³/mol. The Hall–Kier alpha value is -2.51. The Morgan fingerprint density at radius 2 is 1.87 bits per heavy atom. The van der Waals surface area contributed by atoms with Crippen molar-refractivity contribution < 1.29 is 4.74 Å². The number of nitriles is 3. The lowest BCUT2D eigenvalue weighted by Gasteiger charge is -2.05. The average molecular weight is 197 g/mol. The van der Waals surface area contributed by atoms with E-state index in [1.165, 1.54) is 13.2 Å². The van der Waals surface area contributed by atoms with Gasteiger partial charge in [-0.15, -0.1) is 0 Å². The van der Waals surface area contributed by atoms with Gasteiger partial charge in [0.2, 0.25) is 0 Å². The second kappa shape index (κ2) is 4.65. The topological polar surface area (TPSA) is 80.6 Å². The molecule has 15 heavy (non-hydrogen) atoms. The van der Waals surface area contributed by atoms with E-state index in [1.807, 2.05) is 18.2 Å². The van der Waals surface area contributed by atoms with E-state index in [2.05, 4.69) is 0 Å². The molecule has 0 amide bonds. The van der Waals surface area contributed by atoms with E-state index in [1.54, 1.807) is 12.1 Å². The van der Waals surface area contributed by atoms with Gasteiger partial charge in [-0.2, -0.15) is 15.8 Å². The van der Waals surface area contributed by atoms with Crippen LogP contribution in [0.3, 0.4) is 0 Å². The number of rotatable bonds is 2. The molecule has 1 aromatic rings. The first-order chi connectivity index (χ1) is 7.26. The number of benzene rings is 1. The van der Waals surface area contributed by atoms with E-state index in [4.69, 9.17) is 20.5 Å². The van der Waals surface area contributed by atoms with Crippen LogP contribution in [0.1, 0.15) is 17.0 Å². The van der Waals surface area contributed by atoms with E-state index in [0.717, 1.165) is 0 Å². The molecule has 4 heteroatoms. The third kappa shape index (κ3) is 2.05. The molecule has 0 unspecified atom stereocenters. The first-order valence-corrected chi connectivity index (χ1v) is 4.14. The van der Waals surface area contributed by atoms with Gasteiger partial charge < -0.3 is 4.74 Å². The number of ether oxygens (including phenoxy) is 1. The Balaban J connectivity index is 3.23. The van der Waals surface area contributed by atoms with Crippen LogP contribution in [0.4, 0.5) is 0 Å². The summed E-state index contributed by atoms with van der Waals surface area (Å²) in [5.41, 5.74) is 0.836. The highest BCUT2D eigenvalue weighted by Crippen LogP contribution is 2.23. The quantitative estimate of drug-likeness (QED) is 0.722. The smallest absolute Gasteiger partial charge is 0.158 e. The molecular formula is C11H7N3O. The fourth-order valence-electron chi connectivity index (χ4n) is 1.17. The lowest BCUT2D eigenvalue weighted by Crippen LogP contribution is -1.95.